The Morgan fingerprint density at radius 2 is 2.05 bits per heavy atom. The predicted molar refractivity (Wildman–Crippen MR) is 90.9 cm³/mol. The van der Waals surface area contributed by atoms with Gasteiger partial charge >= 0.3 is 0 Å². The molecule has 0 atom stereocenters. The van der Waals surface area contributed by atoms with E-state index < -0.39 is 0 Å². The Hall–Kier alpha value is -1.10. The standard InChI is InChI=1S/C15H13BrClNOS/c1-2-9-7-11(4-5-13(9)17)19-14-6-3-10(16)8-12(14)15(18)20/h3-8H,2H2,1H3,(H2,18,20). The number of ether oxygens (including phenoxy) is 1. The molecular weight excluding hydrogens is 358 g/mol. The number of hydrogen-bond donors (Lipinski definition) is 1. The number of benzene rings is 2. The van der Waals surface area contributed by atoms with Gasteiger partial charge in [-0.3, -0.25) is 0 Å². The maximum absolute atomic E-state index is 6.10. The minimum Gasteiger partial charge on any atom is -0.457 e. The van der Waals surface area contributed by atoms with Gasteiger partial charge in [-0.05, 0) is 48.4 Å². The number of halogens is 2. The fourth-order valence-corrected chi connectivity index (χ4v) is 2.57. The Labute approximate surface area is 137 Å². The van der Waals surface area contributed by atoms with Gasteiger partial charge in [-0.1, -0.05) is 46.7 Å². The summed E-state index contributed by atoms with van der Waals surface area (Å²) in [6.45, 7) is 2.05. The molecule has 0 saturated carbocycles. The summed E-state index contributed by atoms with van der Waals surface area (Å²) >= 11 is 14.5. The third-order valence-electron chi connectivity index (χ3n) is 2.83. The molecular formula is C15H13BrClNOS. The van der Waals surface area contributed by atoms with Crippen LogP contribution in [0.3, 0.4) is 0 Å². The third-order valence-corrected chi connectivity index (χ3v) is 3.91. The van der Waals surface area contributed by atoms with E-state index in [1.165, 1.54) is 0 Å². The van der Waals surface area contributed by atoms with Crippen LogP contribution in [-0.2, 0) is 6.42 Å². The summed E-state index contributed by atoms with van der Waals surface area (Å²) < 4.78 is 6.78. The highest BCUT2D eigenvalue weighted by Gasteiger charge is 2.09. The van der Waals surface area contributed by atoms with Crippen molar-refractivity contribution < 1.29 is 4.74 Å². The fourth-order valence-electron chi connectivity index (χ4n) is 1.80. The molecule has 0 saturated heterocycles. The first-order valence-electron chi connectivity index (χ1n) is 6.07. The second-order valence-corrected chi connectivity index (χ2v) is 5.98. The highest BCUT2D eigenvalue weighted by Crippen LogP contribution is 2.30. The van der Waals surface area contributed by atoms with Crippen LogP contribution in [0.5, 0.6) is 11.5 Å². The zero-order valence-electron chi connectivity index (χ0n) is 10.8. The summed E-state index contributed by atoms with van der Waals surface area (Å²) in [5, 5.41) is 0.741. The Morgan fingerprint density at radius 3 is 2.70 bits per heavy atom. The van der Waals surface area contributed by atoms with Gasteiger partial charge in [0, 0.05) is 9.50 Å². The van der Waals surface area contributed by atoms with Crippen molar-refractivity contribution in [3.8, 4) is 11.5 Å². The lowest BCUT2D eigenvalue weighted by atomic mass is 10.1. The summed E-state index contributed by atoms with van der Waals surface area (Å²) in [7, 11) is 0. The first-order valence-corrected chi connectivity index (χ1v) is 7.64. The molecule has 2 aromatic rings. The molecule has 0 fully saturated rings. The molecule has 0 aliphatic carbocycles. The van der Waals surface area contributed by atoms with Crippen molar-refractivity contribution in [1.29, 1.82) is 0 Å². The predicted octanol–water partition coefficient (Wildman–Crippen LogP) is 5.09. The smallest absolute Gasteiger partial charge is 0.137 e. The summed E-state index contributed by atoms with van der Waals surface area (Å²) in [6.07, 6.45) is 0.846. The van der Waals surface area contributed by atoms with Gasteiger partial charge in [-0.25, -0.2) is 0 Å². The number of aryl methyl sites for hydroxylation is 1. The lowest BCUT2D eigenvalue weighted by molar-refractivity contribution is 0.481. The molecule has 5 heteroatoms. The van der Waals surface area contributed by atoms with Crippen LogP contribution in [0.1, 0.15) is 18.1 Å². The molecule has 0 unspecified atom stereocenters. The van der Waals surface area contributed by atoms with E-state index in [9.17, 15) is 0 Å². The molecule has 0 radical (unpaired) electrons. The van der Waals surface area contributed by atoms with Crippen molar-refractivity contribution in [3.63, 3.8) is 0 Å². The molecule has 2 nitrogen and oxygen atoms in total. The van der Waals surface area contributed by atoms with Crippen LogP contribution in [0.15, 0.2) is 40.9 Å². The van der Waals surface area contributed by atoms with E-state index in [1.54, 1.807) is 0 Å². The zero-order chi connectivity index (χ0) is 14.7. The van der Waals surface area contributed by atoms with Crippen molar-refractivity contribution in [2.24, 2.45) is 5.73 Å². The Morgan fingerprint density at radius 1 is 1.30 bits per heavy atom. The van der Waals surface area contributed by atoms with Crippen LogP contribution in [0.2, 0.25) is 5.02 Å². The normalized spacial score (nSPS) is 10.3. The van der Waals surface area contributed by atoms with E-state index in [0.29, 0.717) is 22.1 Å². The molecule has 0 aromatic heterocycles. The first kappa shape index (κ1) is 15.3. The average molecular weight is 371 g/mol. The van der Waals surface area contributed by atoms with Crippen molar-refractivity contribution in [3.05, 3.63) is 57.0 Å². The SMILES string of the molecule is CCc1cc(Oc2ccc(Br)cc2C(N)=S)ccc1Cl. The lowest BCUT2D eigenvalue weighted by Gasteiger charge is -2.12. The lowest BCUT2D eigenvalue weighted by Crippen LogP contribution is -2.10. The van der Waals surface area contributed by atoms with E-state index in [1.807, 2.05) is 43.3 Å². The fraction of sp³-hybridized carbons (Fsp3) is 0.133. The number of nitrogens with two attached hydrogens (primary N) is 1. The van der Waals surface area contributed by atoms with Gasteiger partial charge in [-0.2, -0.15) is 0 Å². The Kier molecular flexibility index (Phi) is 5.02. The molecule has 0 aliphatic heterocycles. The number of hydrogen-bond acceptors (Lipinski definition) is 2. The minimum atomic E-state index is 0.297. The van der Waals surface area contributed by atoms with Crippen LogP contribution in [0, 0.1) is 0 Å². The summed E-state index contributed by atoms with van der Waals surface area (Å²) in [4.78, 5) is 0.297. The maximum Gasteiger partial charge on any atom is 0.137 e. The molecule has 2 aromatic carbocycles. The zero-order valence-corrected chi connectivity index (χ0v) is 14.0. The van der Waals surface area contributed by atoms with E-state index >= 15 is 0 Å². The van der Waals surface area contributed by atoms with Gasteiger partial charge in [-0.15, -0.1) is 0 Å². The number of rotatable bonds is 4. The van der Waals surface area contributed by atoms with Gasteiger partial charge in [0.05, 0.1) is 5.56 Å². The molecule has 20 heavy (non-hydrogen) atoms. The Bertz CT molecular complexity index is 660. The van der Waals surface area contributed by atoms with Crippen LogP contribution in [0.4, 0.5) is 0 Å². The van der Waals surface area contributed by atoms with Crippen molar-refractivity contribution in [2.45, 2.75) is 13.3 Å². The van der Waals surface area contributed by atoms with Crippen molar-refractivity contribution >= 4 is 44.7 Å². The number of thiocarbonyl (C=S) groups is 1. The molecule has 0 bridgehead atoms. The summed E-state index contributed by atoms with van der Waals surface area (Å²) in [6, 6.07) is 11.1. The maximum atomic E-state index is 6.10. The molecule has 2 N–H and O–H groups in total. The van der Waals surface area contributed by atoms with Crippen LogP contribution in [0.25, 0.3) is 0 Å². The second kappa shape index (κ2) is 6.57. The van der Waals surface area contributed by atoms with Gasteiger partial charge < -0.3 is 10.5 Å². The highest BCUT2D eigenvalue weighted by molar-refractivity contribution is 9.10. The largest absolute Gasteiger partial charge is 0.457 e. The van der Waals surface area contributed by atoms with E-state index in [4.69, 9.17) is 34.3 Å². The quantitative estimate of drug-likeness (QED) is 0.761. The molecule has 2 rings (SSSR count). The highest BCUT2D eigenvalue weighted by atomic mass is 79.9. The van der Waals surface area contributed by atoms with Gasteiger partial charge in [0.1, 0.15) is 16.5 Å². The van der Waals surface area contributed by atoms with Crippen LogP contribution < -0.4 is 10.5 Å². The molecule has 0 aliphatic rings. The summed E-state index contributed by atoms with van der Waals surface area (Å²) in [5.41, 5.74) is 7.46. The van der Waals surface area contributed by atoms with E-state index in [-0.39, 0.29) is 0 Å². The van der Waals surface area contributed by atoms with E-state index in [2.05, 4.69) is 15.9 Å². The van der Waals surface area contributed by atoms with Gasteiger partial charge in [0.15, 0.2) is 0 Å². The van der Waals surface area contributed by atoms with Crippen LogP contribution >= 0.6 is 39.7 Å². The monoisotopic (exact) mass is 369 g/mol. The van der Waals surface area contributed by atoms with Gasteiger partial charge in [0.25, 0.3) is 0 Å². The molecule has 104 valence electrons. The van der Waals surface area contributed by atoms with Crippen molar-refractivity contribution in [2.75, 3.05) is 0 Å². The summed E-state index contributed by atoms with van der Waals surface area (Å²) in [5.74, 6) is 1.34. The van der Waals surface area contributed by atoms with E-state index in [0.717, 1.165) is 21.5 Å². The average Bonchev–Trinajstić information content (AvgIpc) is 2.42. The third kappa shape index (κ3) is 3.51. The molecule has 0 spiro atoms. The molecule has 0 amide bonds. The van der Waals surface area contributed by atoms with Crippen LogP contribution in [-0.4, -0.2) is 4.99 Å². The van der Waals surface area contributed by atoms with Gasteiger partial charge in [0.2, 0.25) is 0 Å². The first-order chi connectivity index (χ1) is 9.51. The minimum absolute atomic E-state index is 0.297. The second-order valence-electron chi connectivity index (χ2n) is 4.21. The molecule has 0 heterocycles. The topological polar surface area (TPSA) is 35.2 Å². The van der Waals surface area contributed by atoms with Crippen molar-refractivity contribution in [1.82, 2.24) is 0 Å². The Balaban J connectivity index is 2.37.